The summed E-state index contributed by atoms with van der Waals surface area (Å²) in [4.78, 5) is 26.3. The van der Waals surface area contributed by atoms with Crippen molar-refractivity contribution in [2.75, 3.05) is 13.1 Å². The standard InChI is InChI=1S/C21H23NO3/c1-21(20(24)25)12-7-13-22(15-21)19(23)18-11-6-5-10-17(18)14-16-8-3-2-4-9-16/h2-6,8-11H,7,12-15H2,1H3,(H,24,25). The van der Waals surface area contributed by atoms with E-state index in [0.717, 1.165) is 17.5 Å². The van der Waals surface area contributed by atoms with Crippen LogP contribution in [0, 0.1) is 5.41 Å². The Hall–Kier alpha value is -2.62. The monoisotopic (exact) mass is 337 g/mol. The fourth-order valence-corrected chi connectivity index (χ4v) is 3.46. The number of amides is 1. The van der Waals surface area contributed by atoms with Crippen LogP contribution in [0.15, 0.2) is 54.6 Å². The Balaban J connectivity index is 1.84. The van der Waals surface area contributed by atoms with Crippen molar-refractivity contribution in [3.63, 3.8) is 0 Å². The number of carbonyl (C=O) groups is 2. The Morgan fingerprint density at radius 3 is 2.48 bits per heavy atom. The third kappa shape index (κ3) is 3.73. The summed E-state index contributed by atoms with van der Waals surface area (Å²) in [5, 5.41) is 9.48. The van der Waals surface area contributed by atoms with Crippen LogP contribution in [0.25, 0.3) is 0 Å². The van der Waals surface area contributed by atoms with Gasteiger partial charge in [0.25, 0.3) is 5.91 Å². The Morgan fingerprint density at radius 2 is 1.76 bits per heavy atom. The number of carboxylic acids is 1. The predicted octanol–water partition coefficient (Wildman–Crippen LogP) is 3.60. The molecule has 25 heavy (non-hydrogen) atoms. The molecule has 0 bridgehead atoms. The van der Waals surface area contributed by atoms with Gasteiger partial charge in [-0.1, -0.05) is 48.5 Å². The van der Waals surface area contributed by atoms with E-state index in [2.05, 4.69) is 0 Å². The predicted molar refractivity (Wildman–Crippen MR) is 96.6 cm³/mol. The van der Waals surface area contributed by atoms with E-state index in [-0.39, 0.29) is 12.5 Å². The van der Waals surface area contributed by atoms with Crippen LogP contribution >= 0.6 is 0 Å². The summed E-state index contributed by atoms with van der Waals surface area (Å²) in [6.07, 6.45) is 2.01. The minimum atomic E-state index is -0.859. The molecule has 4 heteroatoms. The van der Waals surface area contributed by atoms with Crippen molar-refractivity contribution < 1.29 is 14.7 Å². The maximum Gasteiger partial charge on any atom is 0.311 e. The lowest BCUT2D eigenvalue weighted by Crippen LogP contribution is -2.48. The Bertz CT molecular complexity index is 772. The first-order chi connectivity index (χ1) is 12.0. The van der Waals surface area contributed by atoms with Crippen LogP contribution in [0.3, 0.4) is 0 Å². The van der Waals surface area contributed by atoms with Gasteiger partial charge >= 0.3 is 5.97 Å². The maximum absolute atomic E-state index is 13.1. The zero-order chi connectivity index (χ0) is 17.9. The highest BCUT2D eigenvalue weighted by molar-refractivity contribution is 5.96. The molecular formula is C21H23NO3. The van der Waals surface area contributed by atoms with Gasteiger partial charge in [-0.15, -0.1) is 0 Å². The molecule has 1 aliphatic rings. The molecule has 0 aliphatic carbocycles. The van der Waals surface area contributed by atoms with Crippen LogP contribution in [0.1, 0.15) is 41.3 Å². The second kappa shape index (κ2) is 7.09. The molecule has 3 rings (SSSR count). The molecule has 1 atom stereocenters. The molecule has 2 aromatic carbocycles. The van der Waals surface area contributed by atoms with E-state index < -0.39 is 11.4 Å². The molecule has 2 aromatic rings. The van der Waals surface area contributed by atoms with Gasteiger partial charge in [0, 0.05) is 18.7 Å². The minimum absolute atomic E-state index is 0.0706. The number of piperidine rings is 1. The van der Waals surface area contributed by atoms with Gasteiger partial charge in [-0.3, -0.25) is 9.59 Å². The molecule has 0 radical (unpaired) electrons. The lowest BCUT2D eigenvalue weighted by Gasteiger charge is -2.37. The molecule has 0 spiro atoms. The number of rotatable bonds is 4. The fourth-order valence-electron chi connectivity index (χ4n) is 3.46. The minimum Gasteiger partial charge on any atom is -0.481 e. The van der Waals surface area contributed by atoms with Crippen LogP contribution in [0.5, 0.6) is 0 Å². The lowest BCUT2D eigenvalue weighted by molar-refractivity contribution is -0.150. The highest BCUT2D eigenvalue weighted by Crippen LogP contribution is 2.31. The summed E-state index contributed by atoms with van der Waals surface area (Å²) in [5.41, 5.74) is 1.93. The van der Waals surface area contributed by atoms with Crippen LogP contribution in [-0.4, -0.2) is 35.0 Å². The second-order valence-corrected chi connectivity index (χ2v) is 7.02. The number of aliphatic carboxylic acids is 1. The number of hydrogen-bond acceptors (Lipinski definition) is 2. The molecule has 0 aromatic heterocycles. The van der Waals surface area contributed by atoms with Gasteiger partial charge in [0.1, 0.15) is 0 Å². The lowest BCUT2D eigenvalue weighted by atomic mass is 9.81. The first-order valence-electron chi connectivity index (χ1n) is 8.64. The summed E-state index contributed by atoms with van der Waals surface area (Å²) in [6.45, 7) is 2.60. The number of carbonyl (C=O) groups excluding carboxylic acids is 1. The number of hydrogen-bond donors (Lipinski definition) is 1. The SMILES string of the molecule is CC1(C(=O)O)CCCN(C(=O)c2ccccc2Cc2ccccc2)C1. The molecule has 1 aliphatic heterocycles. The van der Waals surface area contributed by atoms with E-state index >= 15 is 0 Å². The van der Waals surface area contributed by atoms with Crippen LogP contribution in [-0.2, 0) is 11.2 Å². The van der Waals surface area contributed by atoms with E-state index in [0.29, 0.717) is 24.9 Å². The summed E-state index contributed by atoms with van der Waals surface area (Å²) in [6, 6.07) is 17.7. The van der Waals surface area contributed by atoms with Gasteiger partial charge in [0.2, 0.25) is 0 Å². The van der Waals surface area contributed by atoms with E-state index in [9.17, 15) is 14.7 Å². The highest BCUT2D eigenvalue weighted by atomic mass is 16.4. The number of benzene rings is 2. The Kier molecular flexibility index (Phi) is 4.88. The Morgan fingerprint density at radius 1 is 1.08 bits per heavy atom. The number of nitrogens with zero attached hydrogens (tertiary/aromatic N) is 1. The summed E-state index contributed by atoms with van der Waals surface area (Å²) in [7, 11) is 0. The van der Waals surface area contributed by atoms with E-state index in [1.165, 1.54) is 0 Å². The van der Waals surface area contributed by atoms with Gasteiger partial charge in [0.05, 0.1) is 5.41 Å². The molecule has 1 unspecified atom stereocenters. The van der Waals surface area contributed by atoms with Crippen molar-refractivity contribution in [3.8, 4) is 0 Å². The zero-order valence-electron chi connectivity index (χ0n) is 14.4. The molecule has 4 nitrogen and oxygen atoms in total. The molecule has 1 heterocycles. The van der Waals surface area contributed by atoms with Gasteiger partial charge in [-0.25, -0.2) is 0 Å². The average molecular weight is 337 g/mol. The first-order valence-corrected chi connectivity index (χ1v) is 8.64. The number of carboxylic acid groups (broad SMARTS) is 1. The molecule has 1 saturated heterocycles. The molecule has 130 valence electrons. The largest absolute Gasteiger partial charge is 0.481 e. The normalized spacial score (nSPS) is 20.3. The molecule has 1 fully saturated rings. The van der Waals surface area contributed by atoms with Crippen molar-refractivity contribution in [2.45, 2.75) is 26.2 Å². The van der Waals surface area contributed by atoms with Crippen molar-refractivity contribution in [1.82, 2.24) is 4.90 Å². The quantitative estimate of drug-likeness (QED) is 0.927. The number of likely N-dealkylation sites (tertiary alicyclic amines) is 1. The molecule has 1 N–H and O–H groups in total. The summed E-state index contributed by atoms with van der Waals surface area (Å²) in [5.74, 6) is -0.902. The smallest absolute Gasteiger partial charge is 0.311 e. The van der Waals surface area contributed by atoms with Crippen molar-refractivity contribution >= 4 is 11.9 Å². The average Bonchev–Trinajstić information content (AvgIpc) is 2.62. The van der Waals surface area contributed by atoms with Crippen molar-refractivity contribution in [1.29, 1.82) is 0 Å². The maximum atomic E-state index is 13.1. The third-order valence-electron chi connectivity index (χ3n) is 4.99. The van der Waals surface area contributed by atoms with E-state index in [1.54, 1.807) is 11.8 Å². The van der Waals surface area contributed by atoms with E-state index in [4.69, 9.17) is 0 Å². The molecular weight excluding hydrogens is 314 g/mol. The van der Waals surface area contributed by atoms with Gasteiger partial charge in [-0.2, -0.15) is 0 Å². The van der Waals surface area contributed by atoms with E-state index in [1.807, 2.05) is 54.6 Å². The third-order valence-corrected chi connectivity index (χ3v) is 4.99. The van der Waals surface area contributed by atoms with Crippen LogP contribution in [0.2, 0.25) is 0 Å². The van der Waals surface area contributed by atoms with Crippen LogP contribution < -0.4 is 0 Å². The van der Waals surface area contributed by atoms with Crippen molar-refractivity contribution in [2.24, 2.45) is 5.41 Å². The van der Waals surface area contributed by atoms with Crippen LogP contribution in [0.4, 0.5) is 0 Å². The second-order valence-electron chi connectivity index (χ2n) is 7.02. The molecule has 1 amide bonds. The highest BCUT2D eigenvalue weighted by Gasteiger charge is 2.39. The first kappa shape index (κ1) is 17.2. The van der Waals surface area contributed by atoms with Gasteiger partial charge < -0.3 is 10.0 Å². The summed E-state index contributed by atoms with van der Waals surface area (Å²) >= 11 is 0. The fraction of sp³-hybridized carbons (Fsp3) is 0.333. The zero-order valence-corrected chi connectivity index (χ0v) is 14.4. The van der Waals surface area contributed by atoms with Gasteiger partial charge in [-0.05, 0) is 43.4 Å². The Labute approximate surface area is 148 Å². The van der Waals surface area contributed by atoms with Gasteiger partial charge in [0.15, 0.2) is 0 Å². The topological polar surface area (TPSA) is 57.6 Å². The summed E-state index contributed by atoms with van der Waals surface area (Å²) < 4.78 is 0. The molecule has 0 saturated carbocycles. The van der Waals surface area contributed by atoms with Crippen molar-refractivity contribution in [3.05, 3.63) is 71.3 Å².